The highest BCUT2D eigenvalue weighted by molar-refractivity contribution is 7.08. The van der Waals surface area contributed by atoms with Crippen molar-refractivity contribution in [2.24, 2.45) is 5.73 Å². The average Bonchev–Trinajstić information content (AvgIpc) is 2.71. The molecular formula is C10H14N2OS. The van der Waals surface area contributed by atoms with Crippen LogP contribution in [-0.2, 0) is 0 Å². The van der Waals surface area contributed by atoms with E-state index in [-0.39, 0.29) is 11.9 Å². The normalized spacial score (nSPS) is 18.5. The molecule has 1 fully saturated rings. The molecule has 1 aromatic heterocycles. The summed E-state index contributed by atoms with van der Waals surface area (Å²) in [4.78, 5) is 13.8. The van der Waals surface area contributed by atoms with Gasteiger partial charge in [-0.3, -0.25) is 4.79 Å². The fraction of sp³-hybridized carbons (Fsp3) is 0.500. The number of piperidine rings is 1. The van der Waals surface area contributed by atoms with Gasteiger partial charge in [-0.05, 0) is 24.3 Å². The van der Waals surface area contributed by atoms with Crippen LogP contribution in [-0.4, -0.2) is 29.9 Å². The van der Waals surface area contributed by atoms with Crippen molar-refractivity contribution in [3.63, 3.8) is 0 Å². The predicted octanol–water partition coefficient (Wildman–Crippen LogP) is 1.31. The Morgan fingerprint density at radius 1 is 1.50 bits per heavy atom. The second-order valence-electron chi connectivity index (χ2n) is 3.64. The molecule has 2 rings (SSSR count). The number of carbonyl (C=O) groups excluding carboxylic acids is 1. The summed E-state index contributed by atoms with van der Waals surface area (Å²) < 4.78 is 0. The number of likely N-dealkylation sites (tertiary alicyclic amines) is 1. The minimum absolute atomic E-state index is 0.151. The first-order chi connectivity index (χ1) is 6.77. The molecule has 0 bridgehead atoms. The van der Waals surface area contributed by atoms with Crippen molar-refractivity contribution >= 4 is 17.2 Å². The third-order valence-electron chi connectivity index (χ3n) is 2.59. The summed E-state index contributed by atoms with van der Waals surface area (Å²) in [5, 5.41) is 3.83. The minimum atomic E-state index is 0.151. The maximum atomic E-state index is 11.9. The Balaban J connectivity index is 1.99. The van der Waals surface area contributed by atoms with Crippen molar-refractivity contribution in [3.8, 4) is 0 Å². The lowest BCUT2D eigenvalue weighted by Crippen LogP contribution is -2.42. The number of nitrogens with zero attached hydrogens (tertiary/aromatic N) is 1. The van der Waals surface area contributed by atoms with Crippen molar-refractivity contribution in [2.75, 3.05) is 13.1 Å². The number of nitrogens with two attached hydrogens (primary N) is 1. The molecule has 1 aliphatic heterocycles. The van der Waals surface area contributed by atoms with Gasteiger partial charge >= 0.3 is 0 Å². The number of thiophene rings is 1. The summed E-state index contributed by atoms with van der Waals surface area (Å²) in [6.07, 6.45) is 1.85. The zero-order chi connectivity index (χ0) is 9.97. The fourth-order valence-corrected chi connectivity index (χ4v) is 2.30. The first kappa shape index (κ1) is 9.68. The summed E-state index contributed by atoms with van der Waals surface area (Å²) in [5.74, 6) is 0.151. The van der Waals surface area contributed by atoms with Crippen molar-refractivity contribution < 1.29 is 4.79 Å². The van der Waals surface area contributed by atoms with E-state index in [2.05, 4.69) is 0 Å². The number of hydrogen-bond acceptors (Lipinski definition) is 3. The topological polar surface area (TPSA) is 46.3 Å². The number of hydrogen-bond donors (Lipinski definition) is 1. The Morgan fingerprint density at radius 3 is 2.79 bits per heavy atom. The van der Waals surface area contributed by atoms with Crippen LogP contribution in [0.25, 0.3) is 0 Å². The number of carbonyl (C=O) groups is 1. The van der Waals surface area contributed by atoms with Crippen LogP contribution in [0.1, 0.15) is 23.2 Å². The monoisotopic (exact) mass is 210 g/mol. The van der Waals surface area contributed by atoms with Crippen LogP contribution in [0.3, 0.4) is 0 Å². The Morgan fingerprint density at radius 2 is 2.21 bits per heavy atom. The largest absolute Gasteiger partial charge is 0.339 e. The van der Waals surface area contributed by atoms with Gasteiger partial charge in [0.2, 0.25) is 0 Å². The van der Waals surface area contributed by atoms with E-state index in [9.17, 15) is 4.79 Å². The Kier molecular flexibility index (Phi) is 2.84. The van der Waals surface area contributed by atoms with Gasteiger partial charge in [0.05, 0.1) is 5.56 Å². The summed E-state index contributed by atoms with van der Waals surface area (Å²) in [6.45, 7) is 1.60. The van der Waals surface area contributed by atoms with E-state index < -0.39 is 0 Å². The van der Waals surface area contributed by atoms with Crippen LogP contribution in [0, 0.1) is 0 Å². The second-order valence-corrected chi connectivity index (χ2v) is 4.42. The first-order valence-electron chi connectivity index (χ1n) is 4.84. The predicted molar refractivity (Wildman–Crippen MR) is 57.4 cm³/mol. The molecule has 14 heavy (non-hydrogen) atoms. The maximum absolute atomic E-state index is 11.9. The minimum Gasteiger partial charge on any atom is -0.339 e. The van der Waals surface area contributed by atoms with E-state index in [1.807, 2.05) is 21.7 Å². The summed E-state index contributed by atoms with van der Waals surface area (Å²) in [7, 11) is 0. The van der Waals surface area contributed by atoms with Crippen LogP contribution in [0.4, 0.5) is 0 Å². The molecule has 0 atom stereocenters. The molecule has 0 spiro atoms. The number of rotatable bonds is 1. The van der Waals surface area contributed by atoms with Gasteiger partial charge < -0.3 is 10.6 Å². The third-order valence-corrected chi connectivity index (χ3v) is 3.28. The molecule has 3 nitrogen and oxygen atoms in total. The molecule has 1 amide bonds. The molecule has 0 saturated carbocycles. The molecular weight excluding hydrogens is 196 g/mol. The van der Waals surface area contributed by atoms with Crippen LogP contribution >= 0.6 is 11.3 Å². The van der Waals surface area contributed by atoms with Crippen LogP contribution in [0.15, 0.2) is 16.8 Å². The molecule has 0 unspecified atom stereocenters. The van der Waals surface area contributed by atoms with Gasteiger partial charge in [-0.25, -0.2) is 0 Å². The summed E-state index contributed by atoms with van der Waals surface area (Å²) in [5.41, 5.74) is 6.59. The van der Waals surface area contributed by atoms with Gasteiger partial charge in [0, 0.05) is 24.5 Å². The van der Waals surface area contributed by atoms with E-state index in [1.165, 1.54) is 0 Å². The van der Waals surface area contributed by atoms with E-state index in [0.717, 1.165) is 31.5 Å². The SMILES string of the molecule is NC1CCN(C(=O)c2ccsc2)CC1. The van der Waals surface area contributed by atoms with Gasteiger partial charge in [-0.1, -0.05) is 0 Å². The Labute approximate surface area is 87.5 Å². The third kappa shape index (κ3) is 1.96. The Bertz CT molecular complexity index is 302. The molecule has 1 aliphatic rings. The lowest BCUT2D eigenvalue weighted by Gasteiger charge is -2.29. The van der Waals surface area contributed by atoms with Gasteiger partial charge in [-0.2, -0.15) is 11.3 Å². The summed E-state index contributed by atoms with van der Waals surface area (Å²) in [6, 6.07) is 2.16. The van der Waals surface area contributed by atoms with Gasteiger partial charge in [-0.15, -0.1) is 0 Å². The van der Waals surface area contributed by atoms with Crippen molar-refractivity contribution in [3.05, 3.63) is 22.4 Å². The lowest BCUT2D eigenvalue weighted by atomic mass is 10.1. The maximum Gasteiger partial charge on any atom is 0.254 e. The summed E-state index contributed by atoms with van der Waals surface area (Å²) >= 11 is 1.56. The van der Waals surface area contributed by atoms with Gasteiger partial charge in [0.25, 0.3) is 5.91 Å². The van der Waals surface area contributed by atoms with E-state index in [4.69, 9.17) is 5.73 Å². The standard InChI is InChI=1S/C10H14N2OS/c11-9-1-4-12(5-2-9)10(13)8-3-6-14-7-8/h3,6-7,9H,1-2,4-5,11H2. The molecule has 0 radical (unpaired) electrons. The zero-order valence-corrected chi connectivity index (χ0v) is 8.80. The van der Waals surface area contributed by atoms with Crippen molar-refractivity contribution in [1.29, 1.82) is 0 Å². The van der Waals surface area contributed by atoms with Crippen LogP contribution < -0.4 is 5.73 Å². The lowest BCUT2D eigenvalue weighted by molar-refractivity contribution is 0.0715. The van der Waals surface area contributed by atoms with Gasteiger partial charge in [0.1, 0.15) is 0 Å². The van der Waals surface area contributed by atoms with Gasteiger partial charge in [0.15, 0.2) is 0 Å². The molecule has 2 N–H and O–H groups in total. The molecule has 1 saturated heterocycles. The smallest absolute Gasteiger partial charge is 0.254 e. The van der Waals surface area contributed by atoms with Crippen molar-refractivity contribution in [1.82, 2.24) is 4.90 Å². The molecule has 2 heterocycles. The highest BCUT2D eigenvalue weighted by Gasteiger charge is 2.21. The molecule has 0 aromatic carbocycles. The highest BCUT2D eigenvalue weighted by atomic mass is 32.1. The highest BCUT2D eigenvalue weighted by Crippen LogP contribution is 2.14. The van der Waals surface area contributed by atoms with E-state index >= 15 is 0 Å². The van der Waals surface area contributed by atoms with Crippen molar-refractivity contribution in [2.45, 2.75) is 18.9 Å². The average molecular weight is 210 g/mol. The fourth-order valence-electron chi connectivity index (χ4n) is 1.67. The van der Waals surface area contributed by atoms with Crippen LogP contribution in [0.2, 0.25) is 0 Å². The van der Waals surface area contributed by atoms with E-state index in [0.29, 0.717) is 0 Å². The molecule has 1 aromatic rings. The Hall–Kier alpha value is -0.870. The quantitative estimate of drug-likeness (QED) is 0.759. The van der Waals surface area contributed by atoms with E-state index in [1.54, 1.807) is 11.3 Å². The second kappa shape index (κ2) is 4.11. The number of amides is 1. The molecule has 76 valence electrons. The zero-order valence-electron chi connectivity index (χ0n) is 7.98. The molecule has 4 heteroatoms. The van der Waals surface area contributed by atoms with Crippen LogP contribution in [0.5, 0.6) is 0 Å². The molecule has 0 aliphatic carbocycles. The first-order valence-corrected chi connectivity index (χ1v) is 5.78.